The van der Waals surface area contributed by atoms with Crippen molar-refractivity contribution in [2.75, 3.05) is 6.54 Å². The smallest absolute Gasteiger partial charge is 0.338 e. The van der Waals surface area contributed by atoms with Gasteiger partial charge in [0.25, 0.3) is 0 Å². The largest absolute Gasteiger partial charge is 0.485 e. The van der Waals surface area contributed by atoms with Gasteiger partial charge >= 0.3 is 6.03 Å². The molecule has 1 aliphatic carbocycles. The summed E-state index contributed by atoms with van der Waals surface area (Å²) in [5.74, 6) is 1.28. The molecule has 2 amide bonds. The number of nitrogens with zero attached hydrogens (tertiary/aromatic N) is 1. The van der Waals surface area contributed by atoms with Crippen molar-refractivity contribution in [3.63, 3.8) is 0 Å². The van der Waals surface area contributed by atoms with E-state index in [0.717, 1.165) is 29.5 Å². The highest BCUT2D eigenvalue weighted by Gasteiger charge is 2.46. The lowest BCUT2D eigenvalue weighted by Gasteiger charge is -2.22. The molecule has 3 N–H and O–H groups in total. The third-order valence-electron chi connectivity index (χ3n) is 5.59. The fourth-order valence-corrected chi connectivity index (χ4v) is 3.59. The van der Waals surface area contributed by atoms with Gasteiger partial charge in [0.15, 0.2) is 11.5 Å². The number of carbonyl (C=O) groups is 1. The van der Waals surface area contributed by atoms with Gasteiger partial charge in [-0.25, -0.2) is 9.86 Å². The molecule has 31 heavy (non-hydrogen) atoms. The predicted octanol–water partition coefficient (Wildman–Crippen LogP) is 4.65. The second-order valence-corrected chi connectivity index (χ2v) is 7.89. The molecule has 1 saturated carbocycles. The van der Waals surface area contributed by atoms with Crippen LogP contribution in [-0.2, 0) is 18.6 Å². The highest BCUT2D eigenvalue weighted by molar-refractivity contribution is 5.70. The van der Waals surface area contributed by atoms with Gasteiger partial charge in [0.1, 0.15) is 13.2 Å². The average Bonchev–Trinajstić information content (AvgIpc) is 3.58. The minimum Gasteiger partial charge on any atom is -0.485 e. The third-order valence-corrected chi connectivity index (χ3v) is 5.59. The number of rotatable bonds is 9. The van der Waals surface area contributed by atoms with Crippen LogP contribution in [0, 0.1) is 0 Å². The van der Waals surface area contributed by atoms with Gasteiger partial charge in [-0.1, -0.05) is 66.7 Å². The first kappa shape index (κ1) is 20.8. The molecule has 0 aliphatic heterocycles. The minimum absolute atomic E-state index is 0.157. The fourth-order valence-electron chi connectivity index (χ4n) is 3.59. The van der Waals surface area contributed by atoms with Crippen LogP contribution in [0.15, 0.2) is 78.9 Å². The number of benzene rings is 3. The monoisotopic (exact) mass is 418 g/mol. The molecule has 0 radical (unpaired) electrons. The summed E-state index contributed by atoms with van der Waals surface area (Å²) in [7, 11) is 0. The van der Waals surface area contributed by atoms with Crippen LogP contribution in [0.3, 0.4) is 0 Å². The van der Waals surface area contributed by atoms with Gasteiger partial charge < -0.3 is 15.2 Å². The zero-order chi connectivity index (χ0) is 21.7. The number of hydrogen-bond acceptors (Lipinski definition) is 4. The van der Waals surface area contributed by atoms with E-state index in [0.29, 0.717) is 29.8 Å². The molecule has 3 aromatic carbocycles. The first-order valence-electron chi connectivity index (χ1n) is 10.3. The molecule has 0 spiro atoms. The van der Waals surface area contributed by atoms with E-state index in [1.807, 2.05) is 78.9 Å². The highest BCUT2D eigenvalue weighted by Crippen LogP contribution is 2.50. The number of amides is 2. The zero-order valence-corrected chi connectivity index (χ0v) is 17.2. The number of primary amides is 1. The molecule has 6 nitrogen and oxygen atoms in total. The van der Waals surface area contributed by atoms with Crippen molar-refractivity contribution in [3.05, 3.63) is 95.6 Å². The summed E-state index contributed by atoms with van der Waals surface area (Å²) in [5, 5.41) is 10.4. The number of nitrogens with two attached hydrogens (primary N) is 1. The van der Waals surface area contributed by atoms with Crippen molar-refractivity contribution in [1.82, 2.24) is 5.06 Å². The van der Waals surface area contributed by atoms with Gasteiger partial charge in [-0.3, -0.25) is 5.21 Å². The number of hydroxylamine groups is 2. The van der Waals surface area contributed by atoms with E-state index in [9.17, 15) is 10.0 Å². The van der Waals surface area contributed by atoms with Crippen LogP contribution in [0.1, 0.15) is 29.5 Å². The maximum absolute atomic E-state index is 11.3. The first-order valence-corrected chi connectivity index (χ1v) is 10.3. The summed E-state index contributed by atoms with van der Waals surface area (Å²) in [4.78, 5) is 11.3. The molecule has 0 heterocycles. The van der Waals surface area contributed by atoms with Gasteiger partial charge in [0, 0.05) is 5.41 Å². The average molecular weight is 418 g/mol. The molecule has 0 saturated heterocycles. The van der Waals surface area contributed by atoms with Crippen LogP contribution in [0.2, 0.25) is 0 Å². The fraction of sp³-hybridized carbons (Fsp3) is 0.240. The van der Waals surface area contributed by atoms with Crippen molar-refractivity contribution in [2.24, 2.45) is 5.73 Å². The second-order valence-electron chi connectivity index (χ2n) is 7.89. The molecule has 0 unspecified atom stereocenters. The van der Waals surface area contributed by atoms with Crippen molar-refractivity contribution in [3.8, 4) is 11.5 Å². The molecule has 160 valence electrons. The summed E-state index contributed by atoms with van der Waals surface area (Å²) in [6.07, 6.45) is 1.72. The maximum atomic E-state index is 11.3. The Hall–Kier alpha value is -3.51. The van der Waals surface area contributed by atoms with Crippen LogP contribution in [0.4, 0.5) is 4.79 Å². The summed E-state index contributed by atoms with van der Waals surface area (Å²) in [6, 6.07) is 24.8. The van der Waals surface area contributed by atoms with Crippen LogP contribution < -0.4 is 15.2 Å². The predicted molar refractivity (Wildman–Crippen MR) is 117 cm³/mol. The van der Waals surface area contributed by atoms with Crippen molar-refractivity contribution >= 4 is 6.03 Å². The Bertz CT molecular complexity index is 1020. The third kappa shape index (κ3) is 5.16. The minimum atomic E-state index is -0.852. The summed E-state index contributed by atoms with van der Waals surface area (Å²) in [6.45, 7) is 0.996. The first-order chi connectivity index (χ1) is 15.1. The van der Waals surface area contributed by atoms with E-state index in [-0.39, 0.29) is 12.0 Å². The van der Waals surface area contributed by atoms with E-state index in [2.05, 4.69) is 0 Å². The number of urea groups is 1. The lowest BCUT2D eigenvalue weighted by atomic mass is 9.95. The highest BCUT2D eigenvalue weighted by atomic mass is 16.5. The normalized spacial score (nSPS) is 14.0. The molecular weight excluding hydrogens is 392 g/mol. The molecule has 3 aromatic rings. The molecule has 0 bridgehead atoms. The molecule has 1 fully saturated rings. The topological polar surface area (TPSA) is 85.0 Å². The molecule has 6 heteroatoms. The van der Waals surface area contributed by atoms with Gasteiger partial charge in [0.05, 0.1) is 6.54 Å². The van der Waals surface area contributed by atoms with Crippen LogP contribution in [-0.4, -0.2) is 22.8 Å². The van der Waals surface area contributed by atoms with Crippen LogP contribution in [0.5, 0.6) is 11.5 Å². The summed E-state index contributed by atoms with van der Waals surface area (Å²) in [5.41, 5.74) is 8.00. The SMILES string of the molecule is NC(=O)N(O)CC1(c2ccc(OCc3ccccc3)c(OCc3ccccc3)c2)CC1. The van der Waals surface area contributed by atoms with Gasteiger partial charge in [0.2, 0.25) is 0 Å². The van der Waals surface area contributed by atoms with Crippen molar-refractivity contribution in [2.45, 2.75) is 31.5 Å². The summed E-state index contributed by atoms with van der Waals surface area (Å²) >= 11 is 0. The van der Waals surface area contributed by atoms with Gasteiger partial charge in [-0.05, 0) is 41.7 Å². The summed E-state index contributed by atoms with van der Waals surface area (Å²) < 4.78 is 12.2. The zero-order valence-electron chi connectivity index (χ0n) is 17.2. The molecule has 0 aromatic heterocycles. The molecule has 0 atom stereocenters. The Labute approximate surface area is 181 Å². The number of ether oxygens (including phenoxy) is 2. The van der Waals surface area contributed by atoms with E-state index >= 15 is 0 Å². The Balaban J connectivity index is 1.56. The van der Waals surface area contributed by atoms with Gasteiger partial charge in [-0.2, -0.15) is 0 Å². The van der Waals surface area contributed by atoms with Crippen LogP contribution in [0.25, 0.3) is 0 Å². The lowest BCUT2D eigenvalue weighted by molar-refractivity contribution is -0.0463. The molecule has 4 rings (SSSR count). The molecule has 1 aliphatic rings. The van der Waals surface area contributed by atoms with Gasteiger partial charge in [-0.15, -0.1) is 0 Å². The maximum Gasteiger partial charge on any atom is 0.338 e. The van der Waals surface area contributed by atoms with Crippen molar-refractivity contribution < 1.29 is 19.5 Å². The Morgan fingerprint density at radius 3 is 1.94 bits per heavy atom. The van der Waals surface area contributed by atoms with E-state index in [1.54, 1.807) is 0 Å². The number of hydrogen-bond donors (Lipinski definition) is 2. The Kier molecular flexibility index (Phi) is 6.09. The molecular formula is C25H26N2O4. The van der Waals surface area contributed by atoms with Crippen molar-refractivity contribution in [1.29, 1.82) is 0 Å². The van der Waals surface area contributed by atoms with E-state index in [4.69, 9.17) is 15.2 Å². The Morgan fingerprint density at radius 2 is 1.42 bits per heavy atom. The quantitative estimate of drug-likeness (QED) is 0.391. The second kappa shape index (κ2) is 9.10. The Morgan fingerprint density at radius 1 is 0.871 bits per heavy atom. The lowest BCUT2D eigenvalue weighted by Crippen LogP contribution is -2.38. The number of carbonyl (C=O) groups excluding carboxylic acids is 1. The van der Waals surface area contributed by atoms with Crippen LogP contribution >= 0.6 is 0 Å². The standard InChI is InChI=1S/C25H26N2O4/c26-24(28)27(29)18-25(13-14-25)21-11-12-22(30-16-19-7-3-1-4-8-19)23(15-21)31-17-20-9-5-2-6-10-20/h1-12,15,29H,13-14,16-18H2,(H2,26,28). The van der Waals surface area contributed by atoms with E-state index in [1.165, 1.54) is 0 Å². The van der Waals surface area contributed by atoms with E-state index < -0.39 is 6.03 Å².